The number of rotatable bonds is 4. The van der Waals surface area contributed by atoms with Crippen molar-refractivity contribution < 1.29 is 9.90 Å². The first kappa shape index (κ1) is 14.0. The Hall–Kier alpha value is -1.10. The summed E-state index contributed by atoms with van der Waals surface area (Å²) in [6.07, 6.45) is 0. The molecule has 0 aromatic carbocycles. The zero-order chi connectivity index (χ0) is 13.3. The van der Waals surface area contributed by atoms with Crippen molar-refractivity contribution in [3.63, 3.8) is 0 Å². The average Bonchev–Trinajstić information content (AvgIpc) is 2.62. The minimum absolute atomic E-state index is 0.175. The molecule has 4 nitrogen and oxygen atoms in total. The number of thiazole rings is 1. The quantitative estimate of drug-likeness (QED) is 0.869. The van der Waals surface area contributed by atoms with Crippen LogP contribution in [0, 0.1) is 5.41 Å². The zero-order valence-electron chi connectivity index (χ0n) is 11.0. The van der Waals surface area contributed by atoms with E-state index in [1.54, 1.807) is 19.2 Å². The third-order valence-electron chi connectivity index (χ3n) is 2.45. The highest BCUT2D eigenvalue weighted by Gasteiger charge is 2.32. The van der Waals surface area contributed by atoms with E-state index in [0.29, 0.717) is 5.69 Å². The summed E-state index contributed by atoms with van der Waals surface area (Å²) in [5.74, 6) is -0.856. The number of hydrogen-bond acceptors (Lipinski definition) is 4. The van der Waals surface area contributed by atoms with E-state index in [9.17, 15) is 4.79 Å². The zero-order valence-corrected chi connectivity index (χ0v) is 11.8. The molecular formula is C12H20N2O2S. The van der Waals surface area contributed by atoms with Gasteiger partial charge in [0.1, 0.15) is 5.41 Å². The van der Waals surface area contributed by atoms with Crippen LogP contribution in [0.4, 0.5) is 5.13 Å². The number of nitrogens with one attached hydrogen (secondary N) is 1. The molecule has 1 aromatic heterocycles. The van der Waals surface area contributed by atoms with Crippen molar-refractivity contribution in [2.45, 2.75) is 40.0 Å². The summed E-state index contributed by atoms with van der Waals surface area (Å²) < 4.78 is 0. The Morgan fingerprint density at radius 3 is 2.47 bits per heavy atom. The highest BCUT2D eigenvalue weighted by atomic mass is 32.1. The lowest BCUT2D eigenvalue weighted by Crippen LogP contribution is -2.29. The first-order valence-corrected chi connectivity index (χ1v) is 6.44. The largest absolute Gasteiger partial charge is 0.481 e. The normalized spacial score (nSPS) is 12.5. The Morgan fingerprint density at radius 1 is 1.41 bits per heavy atom. The molecule has 0 aliphatic rings. The fourth-order valence-electron chi connectivity index (χ4n) is 1.09. The van der Waals surface area contributed by atoms with E-state index < -0.39 is 11.4 Å². The predicted molar refractivity (Wildman–Crippen MR) is 70.7 cm³/mol. The van der Waals surface area contributed by atoms with Gasteiger partial charge in [-0.2, -0.15) is 0 Å². The van der Waals surface area contributed by atoms with Crippen LogP contribution in [-0.4, -0.2) is 22.6 Å². The molecular weight excluding hydrogens is 236 g/mol. The first-order chi connectivity index (χ1) is 7.63. The van der Waals surface area contributed by atoms with E-state index in [0.717, 1.165) is 11.7 Å². The molecule has 1 rings (SSSR count). The fourth-order valence-corrected chi connectivity index (χ4v) is 1.97. The molecule has 96 valence electrons. The van der Waals surface area contributed by atoms with Gasteiger partial charge in [0.25, 0.3) is 0 Å². The van der Waals surface area contributed by atoms with Crippen LogP contribution < -0.4 is 5.32 Å². The monoisotopic (exact) mass is 256 g/mol. The van der Waals surface area contributed by atoms with Gasteiger partial charge in [-0.3, -0.25) is 4.79 Å². The standard InChI is InChI=1S/C12H20N2O2S/c1-11(2,3)7-13-10-14-8(6-17-10)12(4,5)9(15)16/h6H,7H2,1-5H3,(H,13,14)(H,15,16). The minimum Gasteiger partial charge on any atom is -0.481 e. The molecule has 0 fully saturated rings. The second-order valence-corrected chi connectivity index (χ2v) is 6.74. The SMILES string of the molecule is CC(C)(C)CNc1nc(C(C)(C)C(=O)O)cs1. The van der Waals surface area contributed by atoms with Gasteiger partial charge in [-0.15, -0.1) is 11.3 Å². The van der Waals surface area contributed by atoms with Crippen LogP contribution in [0.3, 0.4) is 0 Å². The van der Waals surface area contributed by atoms with Crippen molar-refractivity contribution in [1.82, 2.24) is 4.98 Å². The molecule has 0 atom stereocenters. The van der Waals surface area contributed by atoms with Crippen molar-refractivity contribution in [1.29, 1.82) is 0 Å². The Morgan fingerprint density at radius 2 is 2.00 bits per heavy atom. The highest BCUT2D eigenvalue weighted by Crippen LogP contribution is 2.27. The van der Waals surface area contributed by atoms with E-state index in [2.05, 4.69) is 31.1 Å². The Kier molecular flexibility index (Phi) is 3.81. The van der Waals surface area contributed by atoms with Gasteiger partial charge in [0.15, 0.2) is 5.13 Å². The van der Waals surface area contributed by atoms with Gasteiger partial charge in [-0.05, 0) is 19.3 Å². The van der Waals surface area contributed by atoms with Gasteiger partial charge in [-0.1, -0.05) is 20.8 Å². The van der Waals surface area contributed by atoms with Crippen LogP contribution in [0.15, 0.2) is 5.38 Å². The molecule has 2 N–H and O–H groups in total. The molecule has 1 heterocycles. The van der Waals surface area contributed by atoms with Crippen molar-refractivity contribution in [2.75, 3.05) is 11.9 Å². The number of carboxylic acid groups (broad SMARTS) is 1. The van der Waals surface area contributed by atoms with Crippen LogP contribution >= 0.6 is 11.3 Å². The Bertz CT molecular complexity index is 405. The van der Waals surface area contributed by atoms with E-state index >= 15 is 0 Å². The minimum atomic E-state index is -0.932. The van der Waals surface area contributed by atoms with Crippen LogP contribution in [0.5, 0.6) is 0 Å². The van der Waals surface area contributed by atoms with Gasteiger partial charge >= 0.3 is 5.97 Å². The summed E-state index contributed by atoms with van der Waals surface area (Å²) in [7, 11) is 0. The second-order valence-electron chi connectivity index (χ2n) is 5.88. The molecule has 1 aromatic rings. The van der Waals surface area contributed by atoms with Crippen molar-refractivity contribution >= 4 is 22.4 Å². The summed E-state index contributed by atoms with van der Waals surface area (Å²) in [4.78, 5) is 15.4. The maximum Gasteiger partial charge on any atom is 0.315 e. The number of nitrogens with zero attached hydrogens (tertiary/aromatic N) is 1. The molecule has 0 spiro atoms. The van der Waals surface area contributed by atoms with E-state index in [1.165, 1.54) is 11.3 Å². The van der Waals surface area contributed by atoms with E-state index in [-0.39, 0.29) is 5.41 Å². The molecule has 5 heteroatoms. The number of aliphatic carboxylic acids is 1. The summed E-state index contributed by atoms with van der Waals surface area (Å²) in [6, 6.07) is 0. The lowest BCUT2D eigenvalue weighted by Gasteiger charge is -2.18. The van der Waals surface area contributed by atoms with Gasteiger partial charge in [-0.25, -0.2) is 4.98 Å². The fraction of sp³-hybridized carbons (Fsp3) is 0.667. The number of hydrogen-bond donors (Lipinski definition) is 2. The summed E-state index contributed by atoms with van der Waals surface area (Å²) in [6.45, 7) is 10.5. The van der Waals surface area contributed by atoms with Crippen LogP contribution in [-0.2, 0) is 10.2 Å². The molecule has 0 amide bonds. The van der Waals surface area contributed by atoms with Gasteiger partial charge in [0.2, 0.25) is 0 Å². The molecule has 0 saturated heterocycles. The van der Waals surface area contributed by atoms with Crippen molar-refractivity contribution in [3.8, 4) is 0 Å². The maximum atomic E-state index is 11.1. The molecule has 0 aliphatic carbocycles. The molecule has 0 unspecified atom stereocenters. The van der Waals surface area contributed by atoms with Gasteiger partial charge in [0.05, 0.1) is 5.69 Å². The molecule has 17 heavy (non-hydrogen) atoms. The summed E-state index contributed by atoms with van der Waals surface area (Å²) in [5, 5.41) is 14.9. The first-order valence-electron chi connectivity index (χ1n) is 5.56. The van der Waals surface area contributed by atoms with E-state index in [1.807, 2.05) is 0 Å². The van der Waals surface area contributed by atoms with Crippen LogP contribution in [0.2, 0.25) is 0 Å². The number of aromatic nitrogens is 1. The molecule has 0 radical (unpaired) electrons. The van der Waals surface area contributed by atoms with Crippen molar-refractivity contribution in [2.24, 2.45) is 5.41 Å². The molecule has 0 saturated carbocycles. The Labute approximate surface area is 106 Å². The number of carbonyl (C=O) groups is 1. The Balaban J connectivity index is 2.76. The highest BCUT2D eigenvalue weighted by molar-refractivity contribution is 7.13. The smallest absolute Gasteiger partial charge is 0.315 e. The lowest BCUT2D eigenvalue weighted by molar-refractivity contribution is -0.142. The number of anilines is 1. The van der Waals surface area contributed by atoms with Crippen LogP contribution in [0.1, 0.15) is 40.3 Å². The molecule has 0 aliphatic heterocycles. The average molecular weight is 256 g/mol. The van der Waals surface area contributed by atoms with Crippen molar-refractivity contribution in [3.05, 3.63) is 11.1 Å². The van der Waals surface area contributed by atoms with Crippen LogP contribution in [0.25, 0.3) is 0 Å². The predicted octanol–water partition coefficient (Wildman–Crippen LogP) is 2.96. The number of carboxylic acids is 1. The summed E-state index contributed by atoms with van der Waals surface area (Å²) in [5.41, 5.74) is -0.154. The second kappa shape index (κ2) is 4.64. The third-order valence-corrected chi connectivity index (χ3v) is 3.25. The van der Waals surface area contributed by atoms with Gasteiger partial charge < -0.3 is 10.4 Å². The van der Waals surface area contributed by atoms with E-state index in [4.69, 9.17) is 5.11 Å². The third kappa shape index (κ3) is 3.70. The van der Waals surface area contributed by atoms with Gasteiger partial charge in [0, 0.05) is 11.9 Å². The topological polar surface area (TPSA) is 62.2 Å². The molecule has 0 bridgehead atoms. The summed E-state index contributed by atoms with van der Waals surface area (Å²) >= 11 is 1.45. The maximum absolute atomic E-state index is 11.1. The lowest BCUT2D eigenvalue weighted by atomic mass is 9.90.